The molecule has 2 aromatic carbocycles. The molecule has 1 aliphatic heterocycles. The molecule has 0 unspecified atom stereocenters. The summed E-state index contributed by atoms with van der Waals surface area (Å²) < 4.78 is 0.615. The van der Waals surface area contributed by atoms with E-state index in [0.717, 1.165) is 11.1 Å². The molecule has 23 heavy (non-hydrogen) atoms. The molecule has 4 heteroatoms. The van der Waals surface area contributed by atoms with Crippen LogP contribution in [0.25, 0.3) is 6.08 Å². The van der Waals surface area contributed by atoms with Crippen LogP contribution < -0.4 is 0 Å². The largest absolute Gasteiger partial charge is 0.286 e. The third-order valence-corrected chi connectivity index (χ3v) is 5.20. The van der Waals surface area contributed by atoms with Crippen LogP contribution in [-0.4, -0.2) is 15.1 Å². The van der Waals surface area contributed by atoms with E-state index in [-0.39, 0.29) is 11.9 Å². The van der Waals surface area contributed by atoms with Gasteiger partial charge in [0.05, 0.1) is 10.9 Å². The van der Waals surface area contributed by atoms with Crippen LogP contribution in [0.15, 0.2) is 59.5 Å². The fraction of sp³-hybridized carbons (Fsp3) is 0.158. The van der Waals surface area contributed by atoms with E-state index in [1.165, 1.54) is 17.3 Å². The van der Waals surface area contributed by atoms with E-state index < -0.39 is 0 Å². The summed E-state index contributed by atoms with van der Waals surface area (Å²) in [6, 6.07) is 18.0. The molecule has 1 fully saturated rings. The van der Waals surface area contributed by atoms with Gasteiger partial charge in [-0.2, -0.15) is 0 Å². The Balaban J connectivity index is 1.86. The summed E-state index contributed by atoms with van der Waals surface area (Å²) >= 11 is 6.81. The average molecular weight is 339 g/mol. The molecule has 2 aromatic rings. The molecule has 116 valence electrons. The number of carbonyl (C=O) groups is 1. The zero-order chi connectivity index (χ0) is 16.4. The molecule has 0 bridgehead atoms. The lowest BCUT2D eigenvalue weighted by Crippen LogP contribution is -2.30. The number of thiocarbonyl (C=S) groups is 1. The van der Waals surface area contributed by atoms with Crippen molar-refractivity contribution >= 4 is 40.3 Å². The quantitative estimate of drug-likeness (QED) is 0.582. The summed E-state index contributed by atoms with van der Waals surface area (Å²) in [7, 11) is 0. The lowest BCUT2D eigenvalue weighted by atomic mass is 10.1. The lowest BCUT2D eigenvalue weighted by molar-refractivity contribution is -0.123. The van der Waals surface area contributed by atoms with Crippen LogP contribution in [0, 0.1) is 6.92 Å². The third kappa shape index (κ3) is 3.38. The van der Waals surface area contributed by atoms with Gasteiger partial charge in [0.15, 0.2) is 0 Å². The van der Waals surface area contributed by atoms with Gasteiger partial charge in [0, 0.05) is 0 Å². The highest BCUT2D eigenvalue weighted by atomic mass is 32.2. The molecular weight excluding hydrogens is 322 g/mol. The molecule has 0 aliphatic carbocycles. The van der Waals surface area contributed by atoms with Gasteiger partial charge in [-0.1, -0.05) is 84.1 Å². The SMILES string of the molecule is Cc1ccc(/C=C2\SC(=S)N([C@H](C)c3ccccc3)C2=O)cc1. The third-order valence-electron chi connectivity index (χ3n) is 3.87. The highest BCUT2D eigenvalue weighted by molar-refractivity contribution is 8.26. The maximum Gasteiger partial charge on any atom is 0.266 e. The Morgan fingerprint density at radius 1 is 1.09 bits per heavy atom. The van der Waals surface area contributed by atoms with Gasteiger partial charge in [-0.15, -0.1) is 0 Å². The molecular formula is C19H17NOS2. The molecule has 1 heterocycles. The van der Waals surface area contributed by atoms with E-state index in [2.05, 4.69) is 0 Å². The first-order chi connectivity index (χ1) is 11.1. The van der Waals surface area contributed by atoms with Crippen LogP contribution in [0.1, 0.15) is 29.7 Å². The van der Waals surface area contributed by atoms with E-state index in [1.807, 2.05) is 74.5 Å². The number of aryl methyl sites for hydroxylation is 1. The standard InChI is InChI=1S/C19H17NOS2/c1-13-8-10-15(11-9-13)12-17-18(21)20(19(22)23-17)14(2)16-6-4-3-5-7-16/h3-12,14H,1-2H3/b17-12-/t14-/m1/s1. The zero-order valence-corrected chi connectivity index (χ0v) is 14.7. The highest BCUT2D eigenvalue weighted by Gasteiger charge is 2.35. The van der Waals surface area contributed by atoms with Crippen LogP contribution in [0.3, 0.4) is 0 Å². The predicted octanol–water partition coefficient (Wildman–Crippen LogP) is 4.96. The second-order valence-corrected chi connectivity index (χ2v) is 7.22. The molecule has 1 atom stereocenters. The Morgan fingerprint density at radius 2 is 1.74 bits per heavy atom. The van der Waals surface area contributed by atoms with Crippen LogP contribution in [0.4, 0.5) is 0 Å². The van der Waals surface area contributed by atoms with Crippen LogP contribution in [0.5, 0.6) is 0 Å². The number of rotatable bonds is 3. The monoisotopic (exact) mass is 339 g/mol. The summed E-state index contributed by atoms with van der Waals surface area (Å²) in [5.74, 6) is -0.0167. The van der Waals surface area contributed by atoms with Gasteiger partial charge < -0.3 is 0 Å². The van der Waals surface area contributed by atoms with Gasteiger partial charge in [0.25, 0.3) is 5.91 Å². The molecule has 0 aromatic heterocycles. The van der Waals surface area contributed by atoms with Gasteiger partial charge in [-0.25, -0.2) is 0 Å². The minimum Gasteiger partial charge on any atom is -0.286 e. The molecule has 0 radical (unpaired) electrons. The summed E-state index contributed by atoms with van der Waals surface area (Å²) in [6.07, 6.45) is 1.91. The molecule has 0 saturated carbocycles. The Bertz CT molecular complexity index is 766. The van der Waals surface area contributed by atoms with E-state index in [1.54, 1.807) is 4.90 Å². The number of hydrogen-bond acceptors (Lipinski definition) is 3. The summed E-state index contributed by atoms with van der Waals surface area (Å²) in [6.45, 7) is 4.06. The second-order valence-electron chi connectivity index (χ2n) is 5.55. The first kappa shape index (κ1) is 16.0. The Labute approximate surface area is 146 Å². The number of amides is 1. The van der Waals surface area contributed by atoms with Crippen molar-refractivity contribution < 1.29 is 4.79 Å². The summed E-state index contributed by atoms with van der Waals surface area (Å²) in [5, 5.41) is 0. The smallest absolute Gasteiger partial charge is 0.266 e. The minimum atomic E-state index is -0.0624. The van der Waals surface area contributed by atoms with E-state index in [9.17, 15) is 4.79 Å². The van der Waals surface area contributed by atoms with Gasteiger partial charge >= 0.3 is 0 Å². The molecule has 0 N–H and O–H groups in total. The first-order valence-electron chi connectivity index (χ1n) is 7.45. The molecule has 0 spiro atoms. The number of thioether (sulfide) groups is 1. The predicted molar refractivity (Wildman–Crippen MR) is 101 cm³/mol. The van der Waals surface area contributed by atoms with Crippen molar-refractivity contribution in [3.05, 3.63) is 76.2 Å². The van der Waals surface area contributed by atoms with Crippen molar-refractivity contribution in [1.29, 1.82) is 0 Å². The Hall–Kier alpha value is -1.91. The maximum atomic E-state index is 12.8. The fourth-order valence-electron chi connectivity index (χ4n) is 2.51. The molecule has 1 saturated heterocycles. The molecule has 3 rings (SSSR count). The van der Waals surface area contributed by atoms with E-state index >= 15 is 0 Å². The normalized spacial score (nSPS) is 17.8. The minimum absolute atomic E-state index is 0.0167. The van der Waals surface area contributed by atoms with Crippen molar-refractivity contribution in [2.45, 2.75) is 19.9 Å². The van der Waals surface area contributed by atoms with E-state index in [0.29, 0.717) is 9.23 Å². The number of hydrogen-bond donors (Lipinski definition) is 0. The van der Waals surface area contributed by atoms with Crippen molar-refractivity contribution in [2.24, 2.45) is 0 Å². The summed E-state index contributed by atoms with van der Waals surface area (Å²) in [4.78, 5) is 15.1. The van der Waals surface area contributed by atoms with Crippen molar-refractivity contribution in [3.8, 4) is 0 Å². The van der Waals surface area contributed by atoms with Crippen LogP contribution in [0.2, 0.25) is 0 Å². The number of carbonyl (C=O) groups excluding carboxylic acids is 1. The fourth-order valence-corrected chi connectivity index (χ4v) is 3.93. The molecule has 1 aliphatic rings. The first-order valence-corrected chi connectivity index (χ1v) is 8.67. The molecule has 1 amide bonds. The maximum absolute atomic E-state index is 12.8. The van der Waals surface area contributed by atoms with Gasteiger partial charge in [-0.05, 0) is 31.1 Å². The zero-order valence-electron chi connectivity index (χ0n) is 13.0. The summed E-state index contributed by atoms with van der Waals surface area (Å²) in [5.41, 5.74) is 3.30. The van der Waals surface area contributed by atoms with Gasteiger partial charge in [0.1, 0.15) is 4.32 Å². The van der Waals surface area contributed by atoms with Gasteiger partial charge in [-0.3, -0.25) is 9.69 Å². The highest BCUT2D eigenvalue weighted by Crippen LogP contribution is 2.37. The Kier molecular flexibility index (Phi) is 4.64. The average Bonchev–Trinajstić information content (AvgIpc) is 2.84. The van der Waals surface area contributed by atoms with Crippen LogP contribution in [-0.2, 0) is 4.79 Å². The van der Waals surface area contributed by atoms with Crippen molar-refractivity contribution in [3.63, 3.8) is 0 Å². The van der Waals surface area contributed by atoms with E-state index in [4.69, 9.17) is 12.2 Å². The lowest BCUT2D eigenvalue weighted by Gasteiger charge is -2.23. The van der Waals surface area contributed by atoms with Gasteiger partial charge in [0.2, 0.25) is 0 Å². The topological polar surface area (TPSA) is 20.3 Å². The van der Waals surface area contributed by atoms with Crippen molar-refractivity contribution in [2.75, 3.05) is 0 Å². The van der Waals surface area contributed by atoms with Crippen LogP contribution >= 0.6 is 24.0 Å². The molecule has 2 nitrogen and oxygen atoms in total. The number of benzene rings is 2. The Morgan fingerprint density at radius 3 is 2.39 bits per heavy atom. The number of nitrogens with zero attached hydrogens (tertiary/aromatic N) is 1. The second kappa shape index (κ2) is 6.69. The van der Waals surface area contributed by atoms with Crippen molar-refractivity contribution in [1.82, 2.24) is 4.90 Å².